The van der Waals surface area contributed by atoms with E-state index in [4.69, 9.17) is 5.11 Å². The smallest absolute Gasteiger partial charge is 0.223 e. The minimum absolute atomic E-state index is 0.0799. The van der Waals surface area contributed by atoms with Crippen LogP contribution in [0.25, 0.3) is 0 Å². The van der Waals surface area contributed by atoms with Crippen molar-refractivity contribution < 1.29 is 19.8 Å². The first kappa shape index (κ1) is 28.3. The van der Waals surface area contributed by atoms with E-state index in [0.717, 1.165) is 24.1 Å². The van der Waals surface area contributed by atoms with E-state index in [-0.39, 0.29) is 30.6 Å². The molecule has 0 spiro atoms. The van der Waals surface area contributed by atoms with Crippen LogP contribution in [0.2, 0.25) is 0 Å². The summed E-state index contributed by atoms with van der Waals surface area (Å²) < 4.78 is 0. The van der Waals surface area contributed by atoms with Gasteiger partial charge in [-0.1, -0.05) is 45.9 Å². The zero-order valence-electron chi connectivity index (χ0n) is 18.7. The van der Waals surface area contributed by atoms with Crippen LogP contribution in [0.15, 0.2) is 24.3 Å². The average molecular weight is 397 g/mol. The summed E-state index contributed by atoms with van der Waals surface area (Å²) in [4.78, 5) is 24.0. The van der Waals surface area contributed by atoms with Gasteiger partial charge in [-0.2, -0.15) is 0 Å². The van der Waals surface area contributed by atoms with Crippen LogP contribution in [-0.4, -0.2) is 48.3 Å². The molecule has 6 heteroatoms. The first-order chi connectivity index (χ1) is 13.2. The van der Waals surface area contributed by atoms with Gasteiger partial charge in [-0.25, -0.2) is 0 Å². The lowest BCUT2D eigenvalue weighted by atomic mass is 9.76. The minimum Gasteiger partial charge on any atom is -0.395 e. The van der Waals surface area contributed by atoms with Gasteiger partial charge in [0.25, 0.3) is 0 Å². The Bertz CT molecular complexity index is 546. The summed E-state index contributed by atoms with van der Waals surface area (Å²) in [5, 5.41) is 20.0. The molecule has 1 aromatic rings. The molecule has 0 unspecified atom stereocenters. The molecule has 0 fully saturated rings. The number of nitrogens with one attached hydrogen (secondary N) is 1. The van der Waals surface area contributed by atoms with Crippen LogP contribution < -0.4 is 10.2 Å². The molecule has 0 aliphatic rings. The van der Waals surface area contributed by atoms with Crippen molar-refractivity contribution in [2.24, 2.45) is 0 Å². The first-order valence-electron chi connectivity index (χ1n) is 10.1. The van der Waals surface area contributed by atoms with Crippen molar-refractivity contribution >= 4 is 18.0 Å². The van der Waals surface area contributed by atoms with Crippen molar-refractivity contribution in [3.05, 3.63) is 29.8 Å². The largest absolute Gasteiger partial charge is 0.395 e. The number of hydrogen-bond donors (Lipinski definition) is 3. The summed E-state index contributed by atoms with van der Waals surface area (Å²) in [7, 11) is 0. The number of hydrogen-bond acceptors (Lipinski definition) is 4. The van der Waals surface area contributed by atoms with E-state index in [9.17, 15) is 14.7 Å². The molecule has 1 aromatic carbocycles. The lowest BCUT2D eigenvalue weighted by Gasteiger charge is -2.34. The van der Waals surface area contributed by atoms with Gasteiger partial charge in [-0.05, 0) is 43.7 Å². The Morgan fingerprint density at radius 2 is 1.82 bits per heavy atom. The number of anilines is 1. The number of carbonyl (C=O) groups is 2. The lowest BCUT2D eigenvalue weighted by Crippen LogP contribution is -2.35. The monoisotopic (exact) mass is 396 g/mol. The van der Waals surface area contributed by atoms with Gasteiger partial charge in [0.1, 0.15) is 0 Å². The SMILES string of the molecule is CC.CC(C)O.CC[C@](C)(CCNC=O)c1ccccc1N(CCO)C(C)=O. The lowest BCUT2D eigenvalue weighted by molar-refractivity contribution is -0.116. The van der Waals surface area contributed by atoms with Crippen LogP contribution in [0.1, 0.15) is 66.9 Å². The van der Waals surface area contributed by atoms with Crippen LogP contribution in [0.5, 0.6) is 0 Å². The van der Waals surface area contributed by atoms with Gasteiger partial charge in [-0.15, -0.1) is 0 Å². The van der Waals surface area contributed by atoms with E-state index in [1.54, 1.807) is 18.7 Å². The Labute approximate surface area is 171 Å². The molecule has 0 heterocycles. The normalized spacial score (nSPS) is 11.9. The third-order valence-corrected chi connectivity index (χ3v) is 4.23. The van der Waals surface area contributed by atoms with Crippen molar-refractivity contribution in [1.82, 2.24) is 5.32 Å². The molecule has 0 bridgehead atoms. The predicted molar refractivity (Wildman–Crippen MR) is 117 cm³/mol. The van der Waals surface area contributed by atoms with Crippen molar-refractivity contribution in [2.75, 3.05) is 24.6 Å². The quantitative estimate of drug-likeness (QED) is 0.441. The number of carbonyl (C=O) groups excluding carboxylic acids is 2. The second kappa shape index (κ2) is 16.1. The van der Waals surface area contributed by atoms with Crippen molar-refractivity contribution in [1.29, 1.82) is 0 Å². The molecule has 1 atom stereocenters. The maximum Gasteiger partial charge on any atom is 0.223 e. The Balaban J connectivity index is 0. The molecule has 0 radical (unpaired) electrons. The molecule has 0 aromatic heterocycles. The molecule has 6 nitrogen and oxygen atoms in total. The first-order valence-corrected chi connectivity index (χ1v) is 10.1. The average Bonchev–Trinajstić information content (AvgIpc) is 2.67. The van der Waals surface area contributed by atoms with Crippen LogP contribution in [-0.2, 0) is 15.0 Å². The molecule has 0 aliphatic heterocycles. The summed E-state index contributed by atoms with van der Waals surface area (Å²) in [6, 6.07) is 7.78. The molecular formula is C22H40N2O4. The molecule has 1 rings (SSSR count). The minimum atomic E-state index is -0.167. The number of nitrogens with zero attached hydrogens (tertiary/aromatic N) is 1. The highest BCUT2D eigenvalue weighted by Gasteiger charge is 2.29. The van der Waals surface area contributed by atoms with Crippen molar-refractivity contribution in [2.45, 2.75) is 72.8 Å². The third-order valence-electron chi connectivity index (χ3n) is 4.23. The second-order valence-electron chi connectivity index (χ2n) is 6.74. The van der Waals surface area contributed by atoms with Gasteiger partial charge < -0.3 is 20.4 Å². The van der Waals surface area contributed by atoms with Gasteiger partial charge in [0.2, 0.25) is 12.3 Å². The van der Waals surface area contributed by atoms with E-state index in [1.165, 1.54) is 6.92 Å². The number of para-hydroxylation sites is 1. The molecule has 2 amide bonds. The number of aliphatic hydroxyl groups is 2. The maximum absolute atomic E-state index is 11.9. The van der Waals surface area contributed by atoms with Gasteiger partial charge >= 0.3 is 0 Å². The van der Waals surface area contributed by atoms with Gasteiger partial charge in [0, 0.05) is 31.8 Å². The fourth-order valence-electron chi connectivity index (χ4n) is 2.68. The third kappa shape index (κ3) is 10.4. The summed E-state index contributed by atoms with van der Waals surface area (Å²) in [6.45, 7) is 14.0. The van der Waals surface area contributed by atoms with Gasteiger partial charge in [0.05, 0.1) is 6.61 Å². The van der Waals surface area contributed by atoms with Gasteiger partial charge in [0.15, 0.2) is 0 Å². The zero-order valence-corrected chi connectivity index (χ0v) is 18.7. The molecule has 28 heavy (non-hydrogen) atoms. The molecule has 0 saturated carbocycles. The summed E-state index contributed by atoms with van der Waals surface area (Å²) in [6.07, 6.45) is 2.20. The van der Waals surface area contributed by atoms with Crippen LogP contribution >= 0.6 is 0 Å². The Morgan fingerprint density at radius 3 is 2.25 bits per heavy atom. The van der Waals surface area contributed by atoms with E-state index >= 15 is 0 Å². The van der Waals surface area contributed by atoms with E-state index in [2.05, 4.69) is 19.2 Å². The van der Waals surface area contributed by atoms with E-state index < -0.39 is 0 Å². The number of rotatable bonds is 9. The molecule has 3 N–H and O–H groups in total. The fourth-order valence-corrected chi connectivity index (χ4v) is 2.68. The highest BCUT2D eigenvalue weighted by atomic mass is 16.3. The topological polar surface area (TPSA) is 89.9 Å². The number of aliphatic hydroxyl groups excluding tert-OH is 2. The second-order valence-corrected chi connectivity index (χ2v) is 6.74. The molecule has 0 saturated heterocycles. The van der Waals surface area contributed by atoms with Crippen LogP contribution in [0, 0.1) is 0 Å². The standard InChI is InChI=1S/C17H26N2O3.C3H8O.C2H6/c1-4-17(3,9-10-18-13-21)15-7-5-6-8-16(15)19(11-12-20)14(2)22;1-3(2)4;1-2/h5-8,13,20H,4,9-12H2,1-3H3,(H,18,21);3-4H,1-2H3;1-2H3/t17-;;/m1../s1. The Morgan fingerprint density at radius 1 is 1.29 bits per heavy atom. The Kier molecular flexibility index (Phi) is 16.2. The molecular weight excluding hydrogens is 356 g/mol. The molecule has 162 valence electrons. The number of benzene rings is 1. The summed E-state index contributed by atoms with van der Waals surface area (Å²) >= 11 is 0. The summed E-state index contributed by atoms with van der Waals surface area (Å²) in [5.74, 6) is -0.0917. The number of amides is 2. The fraction of sp³-hybridized carbons (Fsp3) is 0.636. The van der Waals surface area contributed by atoms with Crippen LogP contribution in [0.3, 0.4) is 0 Å². The van der Waals surface area contributed by atoms with E-state index in [1.807, 2.05) is 38.1 Å². The van der Waals surface area contributed by atoms with Gasteiger partial charge in [-0.3, -0.25) is 9.59 Å². The maximum atomic E-state index is 11.9. The van der Waals surface area contributed by atoms with Crippen LogP contribution in [0.4, 0.5) is 5.69 Å². The molecule has 0 aliphatic carbocycles. The highest BCUT2D eigenvalue weighted by molar-refractivity contribution is 5.92. The van der Waals surface area contributed by atoms with Crippen molar-refractivity contribution in [3.8, 4) is 0 Å². The zero-order chi connectivity index (χ0) is 22.2. The van der Waals surface area contributed by atoms with E-state index in [0.29, 0.717) is 13.0 Å². The Hall–Kier alpha value is -1.92. The highest BCUT2D eigenvalue weighted by Crippen LogP contribution is 2.37. The predicted octanol–water partition coefficient (Wildman–Crippen LogP) is 3.25. The van der Waals surface area contributed by atoms with Crippen molar-refractivity contribution in [3.63, 3.8) is 0 Å². The summed E-state index contributed by atoms with van der Waals surface area (Å²) in [5.41, 5.74) is 1.74.